The zero-order valence-electron chi connectivity index (χ0n) is 9.60. The lowest BCUT2D eigenvalue weighted by Crippen LogP contribution is -2.42. The lowest BCUT2D eigenvalue weighted by atomic mass is 10.1. The summed E-state index contributed by atoms with van der Waals surface area (Å²) in [6.07, 6.45) is 5.18. The molecule has 1 atom stereocenters. The summed E-state index contributed by atoms with van der Waals surface area (Å²) >= 11 is 5.32. The molecule has 2 aliphatic rings. The van der Waals surface area contributed by atoms with Crippen LogP contribution in [0.15, 0.2) is 20.9 Å². The van der Waals surface area contributed by atoms with E-state index in [1.54, 1.807) is 11.3 Å². The van der Waals surface area contributed by atoms with E-state index >= 15 is 0 Å². The quantitative estimate of drug-likeness (QED) is 0.911. The molecule has 0 amide bonds. The Morgan fingerprint density at radius 3 is 2.76 bits per heavy atom. The molecule has 0 spiro atoms. The topological polar surface area (TPSA) is 41.6 Å². The first-order valence-corrected chi connectivity index (χ1v) is 7.70. The molecule has 0 bridgehead atoms. The van der Waals surface area contributed by atoms with Crippen molar-refractivity contribution in [2.75, 3.05) is 6.54 Å². The van der Waals surface area contributed by atoms with Gasteiger partial charge in [0.15, 0.2) is 5.96 Å². The number of halogens is 1. The van der Waals surface area contributed by atoms with Gasteiger partial charge in [0.25, 0.3) is 0 Å². The number of rotatable bonds is 2. The molecule has 17 heavy (non-hydrogen) atoms. The van der Waals surface area contributed by atoms with E-state index in [-0.39, 0.29) is 0 Å². The number of nitrogens with two attached hydrogens (primary N) is 1. The molecule has 0 saturated heterocycles. The number of aliphatic imine (C=N–C) groups is 1. The fourth-order valence-corrected chi connectivity index (χ4v) is 4.38. The summed E-state index contributed by atoms with van der Waals surface area (Å²) in [5, 5.41) is 0. The molecule has 0 radical (unpaired) electrons. The molecule has 1 aliphatic heterocycles. The van der Waals surface area contributed by atoms with E-state index < -0.39 is 0 Å². The van der Waals surface area contributed by atoms with Crippen LogP contribution in [0.5, 0.6) is 0 Å². The van der Waals surface area contributed by atoms with E-state index in [2.05, 4.69) is 38.0 Å². The molecule has 0 aromatic carbocycles. The van der Waals surface area contributed by atoms with Gasteiger partial charge >= 0.3 is 0 Å². The molecular weight excluding hydrogens is 298 g/mol. The Bertz CT molecular complexity index is 437. The minimum Gasteiger partial charge on any atom is -0.370 e. The Morgan fingerprint density at radius 2 is 2.12 bits per heavy atom. The van der Waals surface area contributed by atoms with Crippen molar-refractivity contribution in [3.8, 4) is 0 Å². The van der Waals surface area contributed by atoms with E-state index in [1.165, 1.54) is 34.3 Å². The molecule has 2 N–H and O–H groups in total. The molecule has 3 rings (SSSR count). The summed E-state index contributed by atoms with van der Waals surface area (Å²) in [4.78, 5) is 8.16. The third kappa shape index (κ3) is 2.10. The van der Waals surface area contributed by atoms with E-state index in [4.69, 9.17) is 5.73 Å². The van der Waals surface area contributed by atoms with Crippen LogP contribution in [0, 0.1) is 0 Å². The Morgan fingerprint density at radius 1 is 1.35 bits per heavy atom. The van der Waals surface area contributed by atoms with Gasteiger partial charge < -0.3 is 10.6 Å². The molecule has 2 heterocycles. The summed E-state index contributed by atoms with van der Waals surface area (Å²) in [5.41, 5.74) is 6.06. The third-order valence-corrected chi connectivity index (χ3v) is 5.39. The van der Waals surface area contributed by atoms with Crippen molar-refractivity contribution in [1.29, 1.82) is 0 Å². The standard InChI is InChI=1S/C12H16BrN3S/c13-11-6-5-10(17-11)9-7-15-12(14)16(9)8-3-1-2-4-8/h5-6,8-9H,1-4,7H2,(H2,14,15). The number of thiophene rings is 1. The van der Waals surface area contributed by atoms with Crippen LogP contribution in [0.2, 0.25) is 0 Å². The Labute approximate surface area is 114 Å². The van der Waals surface area contributed by atoms with Crippen molar-refractivity contribution in [1.82, 2.24) is 4.90 Å². The summed E-state index contributed by atoms with van der Waals surface area (Å²) in [6, 6.07) is 5.28. The van der Waals surface area contributed by atoms with Crippen LogP contribution in [-0.2, 0) is 0 Å². The minimum atomic E-state index is 0.370. The van der Waals surface area contributed by atoms with Crippen molar-refractivity contribution in [3.05, 3.63) is 20.8 Å². The Kier molecular flexibility index (Phi) is 3.13. The summed E-state index contributed by atoms with van der Waals surface area (Å²) in [5.74, 6) is 0.742. The Balaban J connectivity index is 1.85. The third-order valence-electron chi connectivity index (χ3n) is 3.67. The fourth-order valence-electron chi connectivity index (χ4n) is 2.87. The van der Waals surface area contributed by atoms with Crippen LogP contribution in [-0.4, -0.2) is 23.4 Å². The van der Waals surface area contributed by atoms with Gasteiger partial charge in [-0.15, -0.1) is 11.3 Å². The van der Waals surface area contributed by atoms with E-state index in [0.717, 1.165) is 12.5 Å². The molecule has 1 aromatic heterocycles. The van der Waals surface area contributed by atoms with Gasteiger partial charge in [-0.25, -0.2) is 0 Å². The van der Waals surface area contributed by atoms with Crippen molar-refractivity contribution in [3.63, 3.8) is 0 Å². The second kappa shape index (κ2) is 4.61. The predicted octanol–water partition coefficient (Wildman–Crippen LogP) is 3.12. The minimum absolute atomic E-state index is 0.370. The van der Waals surface area contributed by atoms with Crippen molar-refractivity contribution in [2.24, 2.45) is 10.7 Å². The monoisotopic (exact) mass is 313 g/mol. The summed E-state index contributed by atoms with van der Waals surface area (Å²) < 4.78 is 1.18. The highest BCUT2D eigenvalue weighted by atomic mass is 79.9. The Hall–Kier alpha value is -0.550. The van der Waals surface area contributed by atoms with Crippen molar-refractivity contribution >= 4 is 33.2 Å². The average molecular weight is 314 g/mol. The predicted molar refractivity (Wildman–Crippen MR) is 75.3 cm³/mol. The number of hydrogen-bond donors (Lipinski definition) is 1. The molecule has 1 saturated carbocycles. The van der Waals surface area contributed by atoms with E-state index in [9.17, 15) is 0 Å². The van der Waals surface area contributed by atoms with E-state index in [0.29, 0.717) is 12.1 Å². The first kappa shape index (κ1) is 11.5. The first-order valence-electron chi connectivity index (χ1n) is 6.09. The second-order valence-electron chi connectivity index (χ2n) is 4.70. The molecule has 1 aliphatic carbocycles. The van der Waals surface area contributed by atoms with Gasteiger partial charge in [-0.3, -0.25) is 4.99 Å². The maximum Gasteiger partial charge on any atom is 0.192 e. The van der Waals surface area contributed by atoms with Crippen LogP contribution in [0.1, 0.15) is 36.6 Å². The smallest absolute Gasteiger partial charge is 0.192 e. The maximum absolute atomic E-state index is 6.06. The van der Waals surface area contributed by atoms with Crippen LogP contribution < -0.4 is 5.73 Å². The molecule has 1 fully saturated rings. The molecule has 92 valence electrons. The van der Waals surface area contributed by atoms with Gasteiger partial charge in [0.1, 0.15) is 0 Å². The van der Waals surface area contributed by atoms with E-state index in [1.807, 2.05) is 0 Å². The largest absolute Gasteiger partial charge is 0.370 e. The van der Waals surface area contributed by atoms with Gasteiger partial charge in [0.05, 0.1) is 16.4 Å². The lowest BCUT2D eigenvalue weighted by Gasteiger charge is -2.31. The molecule has 5 heteroatoms. The van der Waals surface area contributed by atoms with Gasteiger partial charge in [-0.05, 0) is 40.9 Å². The highest BCUT2D eigenvalue weighted by Crippen LogP contribution is 2.37. The van der Waals surface area contributed by atoms with Gasteiger partial charge in [0.2, 0.25) is 0 Å². The maximum atomic E-state index is 6.06. The van der Waals surface area contributed by atoms with Crippen LogP contribution in [0.3, 0.4) is 0 Å². The summed E-state index contributed by atoms with van der Waals surface area (Å²) in [6.45, 7) is 0.815. The van der Waals surface area contributed by atoms with Crippen molar-refractivity contribution in [2.45, 2.75) is 37.8 Å². The zero-order chi connectivity index (χ0) is 11.8. The van der Waals surface area contributed by atoms with Crippen LogP contribution in [0.25, 0.3) is 0 Å². The highest BCUT2D eigenvalue weighted by molar-refractivity contribution is 9.11. The molecular formula is C12H16BrN3S. The number of guanidine groups is 1. The molecule has 1 aromatic rings. The molecule has 3 nitrogen and oxygen atoms in total. The van der Waals surface area contributed by atoms with Crippen molar-refractivity contribution < 1.29 is 0 Å². The van der Waals surface area contributed by atoms with Crippen LogP contribution in [0.4, 0.5) is 0 Å². The first-order chi connectivity index (χ1) is 8.25. The van der Waals surface area contributed by atoms with Gasteiger partial charge in [-0.2, -0.15) is 0 Å². The fraction of sp³-hybridized carbons (Fsp3) is 0.583. The number of nitrogens with zero attached hydrogens (tertiary/aromatic N) is 2. The van der Waals surface area contributed by atoms with Gasteiger partial charge in [0, 0.05) is 10.9 Å². The highest BCUT2D eigenvalue weighted by Gasteiger charge is 2.35. The SMILES string of the molecule is NC1=NCC(c2ccc(Br)s2)N1C1CCCC1. The average Bonchev–Trinajstić information content (AvgIpc) is 2.97. The second-order valence-corrected chi connectivity index (χ2v) is 7.20. The number of hydrogen-bond acceptors (Lipinski definition) is 4. The normalized spacial score (nSPS) is 25.6. The van der Waals surface area contributed by atoms with Gasteiger partial charge in [-0.1, -0.05) is 12.8 Å². The summed E-state index contributed by atoms with van der Waals surface area (Å²) in [7, 11) is 0. The molecule has 1 unspecified atom stereocenters. The lowest BCUT2D eigenvalue weighted by molar-refractivity contribution is 0.265. The van der Waals surface area contributed by atoms with Crippen LogP contribution >= 0.6 is 27.3 Å². The zero-order valence-corrected chi connectivity index (χ0v) is 12.0.